The van der Waals surface area contributed by atoms with Crippen LogP contribution >= 0.6 is 11.6 Å². The first-order valence-electron chi connectivity index (χ1n) is 5.35. The van der Waals surface area contributed by atoms with E-state index in [2.05, 4.69) is 5.32 Å². The van der Waals surface area contributed by atoms with Crippen molar-refractivity contribution in [2.24, 2.45) is 5.92 Å². The van der Waals surface area contributed by atoms with Gasteiger partial charge in [-0.3, -0.25) is 0 Å². The Bertz CT molecular complexity index is 308. The van der Waals surface area contributed by atoms with E-state index in [4.69, 9.17) is 16.3 Å². The lowest BCUT2D eigenvalue weighted by atomic mass is 10.2. The highest BCUT2D eigenvalue weighted by Crippen LogP contribution is 2.32. The molecule has 1 atom stereocenters. The zero-order valence-electron chi connectivity index (χ0n) is 8.87. The fourth-order valence-electron chi connectivity index (χ4n) is 1.67. The summed E-state index contributed by atoms with van der Waals surface area (Å²) in [6.07, 6.45) is 2.66. The van der Waals surface area contributed by atoms with Crippen molar-refractivity contribution in [1.29, 1.82) is 0 Å². The maximum Gasteiger partial charge on any atom is 0.119 e. The molecule has 0 heterocycles. The number of likely N-dealkylation sites (N-methyl/N-ethyl adjacent to an activating group) is 1. The van der Waals surface area contributed by atoms with Crippen LogP contribution in [-0.4, -0.2) is 19.7 Å². The van der Waals surface area contributed by atoms with E-state index in [0.29, 0.717) is 6.04 Å². The fourth-order valence-corrected chi connectivity index (χ4v) is 1.80. The van der Waals surface area contributed by atoms with Gasteiger partial charge in [0.15, 0.2) is 0 Å². The van der Waals surface area contributed by atoms with Crippen molar-refractivity contribution in [3.05, 3.63) is 29.3 Å². The molecule has 0 amide bonds. The molecule has 1 aromatic carbocycles. The first-order valence-corrected chi connectivity index (χ1v) is 5.73. The van der Waals surface area contributed by atoms with Gasteiger partial charge in [-0.15, -0.1) is 0 Å². The van der Waals surface area contributed by atoms with Crippen LogP contribution < -0.4 is 10.1 Å². The molecule has 1 aliphatic carbocycles. The van der Waals surface area contributed by atoms with E-state index >= 15 is 0 Å². The molecule has 2 nitrogen and oxygen atoms in total. The van der Waals surface area contributed by atoms with E-state index in [-0.39, 0.29) is 0 Å². The van der Waals surface area contributed by atoms with Crippen LogP contribution in [0.5, 0.6) is 5.75 Å². The molecule has 1 aromatic rings. The molecule has 82 valence electrons. The Morgan fingerprint density at radius 2 is 2.07 bits per heavy atom. The number of halogens is 1. The normalized spacial score (nSPS) is 17.5. The Kier molecular flexibility index (Phi) is 3.49. The van der Waals surface area contributed by atoms with Crippen LogP contribution in [0.4, 0.5) is 0 Å². The molecule has 3 heteroatoms. The van der Waals surface area contributed by atoms with E-state index in [9.17, 15) is 0 Å². The lowest BCUT2D eigenvalue weighted by Crippen LogP contribution is -2.33. The average molecular weight is 226 g/mol. The number of ether oxygens (including phenoxy) is 1. The minimum atomic E-state index is 0.487. The lowest BCUT2D eigenvalue weighted by Gasteiger charge is -2.16. The van der Waals surface area contributed by atoms with Crippen LogP contribution in [0.1, 0.15) is 12.8 Å². The molecule has 1 unspecified atom stereocenters. The van der Waals surface area contributed by atoms with Crippen LogP contribution in [0.25, 0.3) is 0 Å². The molecule has 0 spiro atoms. The van der Waals surface area contributed by atoms with Gasteiger partial charge in [-0.25, -0.2) is 0 Å². The summed E-state index contributed by atoms with van der Waals surface area (Å²) in [6.45, 7) is 0.739. The lowest BCUT2D eigenvalue weighted by molar-refractivity contribution is 0.256. The van der Waals surface area contributed by atoms with Crippen molar-refractivity contribution < 1.29 is 4.74 Å². The number of rotatable bonds is 5. The Labute approximate surface area is 95.6 Å². The van der Waals surface area contributed by atoms with Crippen molar-refractivity contribution in [3.63, 3.8) is 0 Å². The molecule has 0 bridgehead atoms. The van der Waals surface area contributed by atoms with Gasteiger partial charge in [0.1, 0.15) is 12.4 Å². The summed E-state index contributed by atoms with van der Waals surface area (Å²) in [6, 6.07) is 8.00. The molecule has 1 aliphatic rings. The summed E-state index contributed by atoms with van der Waals surface area (Å²) in [4.78, 5) is 0. The van der Waals surface area contributed by atoms with E-state index < -0.39 is 0 Å². The Morgan fingerprint density at radius 3 is 2.60 bits per heavy atom. The number of nitrogens with one attached hydrogen (secondary N) is 1. The molecule has 0 aromatic heterocycles. The Morgan fingerprint density at radius 1 is 1.40 bits per heavy atom. The van der Waals surface area contributed by atoms with Gasteiger partial charge in [0.25, 0.3) is 0 Å². The van der Waals surface area contributed by atoms with Crippen LogP contribution in [0.15, 0.2) is 24.3 Å². The smallest absolute Gasteiger partial charge is 0.119 e. The zero-order chi connectivity index (χ0) is 10.7. The quantitative estimate of drug-likeness (QED) is 0.832. The summed E-state index contributed by atoms with van der Waals surface area (Å²) >= 11 is 5.79. The second-order valence-electron chi connectivity index (χ2n) is 4.00. The molecule has 1 N–H and O–H groups in total. The average Bonchev–Trinajstić information content (AvgIpc) is 3.06. The van der Waals surface area contributed by atoms with Crippen molar-refractivity contribution in [3.8, 4) is 5.75 Å². The van der Waals surface area contributed by atoms with Crippen LogP contribution in [0.2, 0.25) is 5.02 Å². The van der Waals surface area contributed by atoms with Crippen molar-refractivity contribution in [2.75, 3.05) is 13.7 Å². The predicted octanol–water partition coefficient (Wildman–Crippen LogP) is 2.72. The van der Waals surface area contributed by atoms with Gasteiger partial charge < -0.3 is 10.1 Å². The van der Waals surface area contributed by atoms with E-state index in [1.807, 2.05) is 31.3 Å². The van der Waals surface area contributed by atoms with E-state index in [1.165, 1.54) is 12.8 Å². The Balaban J connectivity index is 1.83. The highest BCUT2D eigenvalue weighted by Gasteiger charge is 2.30. The van der Waals surface area contributed by atoms with Gasteiger partial charge in [0, 0.05) is 11.1 Å². The molecular formula is C12H16ClNO. The minimum Gasteiger partial charge on any atom is -0.492 e. The molecule has 1 saturated carbocycles. The van der Waals surface area contributed by atoms with Crippen LogP contribution in [-0.2, 0) is 0 Å². The SMILES string of the molecule is CNC(COc1ccc(Cl)cc1)C1CC1. The summed E-state index contributed by atoms with van der Waals surface area (Å²) in [5.41, 5.74) is 0. The van der Waals surface area contributed by atoms with Gasteiger partial charge in [0.05, 0.1) is 0 Å². The highest BCUT2D eigenvalue weighted by atomic mass is 35.5. The second kappa shape index (κ2) is 4.86. The fraction of sp³-hybridized carbons (Fsp3) is 0.500. The van der Waals surface area contributed by atoms with Crippen molar-refractivity contribution in [2.45, 2.75) is 18.9 Å². The highest BCUT2D eigenvalue weighted by molar-refractivity contribution is 6.30. The van der Waals surface area contributed by atoms with Gasteiger partial charge >= 0.3 is 0 Å². The summed E-state index contributed by atoms with van der Waals surface area (Å²) in [5.74, 6) is 1.70. The first kappa shape index (κ1) is 10.8. The third-order valence-electron chi connectivity index (χ3n) is 2.81. The van der Waals surface area contributed by atoms with E-state index in [1.54, 1.807) is 0 Å². The van der Waals surface area contributed by atoms with Crippen LogP contribution in [0.3, 0.4) is 0 Å². The molecule has 0 radical (unpaired) electrons. The van der Waals surface area contributed by atoms with Crippen LogP contribution in [0, 0.1) is 5.92 Å². The predicted molar refractivity (Wildman–Crippen MR) is 62.5 cm³/mol. The third kappa shape index (κ3) is 3.11. The summed E-state index contributed by atoms with van der Waals surface area (Å²) in [7, 11) is 1.99. The molecule has 0 aliphatic heterocycles. The minimum absolute atomic E-state index is 0.487. The standard InChI is InChI=1S/C12H16ClNO/c1-14-12(9-2-3-9)8-15-11-6-4-10(13)5-7-11/h4-7,9,12,14H,2-3,8H2,1H3. The summed E-state index contributed by atoms with van der Waals surface area (Å²) < 4.78 is 5.69. The van der Waals surface area contributed by atoms with Crippen molar-refractivity contribution >= 4 is 11.6 Å². The van der Waals surface area contributed by atoms with Gasteiger partial charge in [-0.05, 0) is 50.1 Å². The van der Waals surface area contributed by atoms with Gasteiger partial charge in [-0.2, -0.15) is 0 Å². The molecule has 2 rings (SSSR count). The third-order valence-corrected chi connectivity index (χ3v) is 3.06. The van der Waals surface area contributed by atoms with E-state index in [0.717, 1.165) is 23.3 Å². The second-order valence-corrected chi connectivity index (χ2v) is 4.43. The zero-order valence-corrected chi connectivity index (χ0v) is 9.63. The molecule has 1 fully saturated rings. The maximum absolute atomic E-state index is 5.79. The topological polar surface area (TPSA) is 21.3 Å². The van der Waals surface area contributed by atoms with Crippen molar-refractivity contribution in [1.82, 2.24) is 5.32 Å². The molecular weight excluding hydrogens is 210 g/mol. The molecule has 15 heavy (non-hydrogen) atoms. The largest absolute Gasteiger partial charge is 0.492 e. The van der Waals surface area contributed by atoms with Gasteiger partial charge in [0.2, 0.25) is 0 Å². The number of hydrogen-bond donors (Lipinski definition) is 1. The monoisotopic (exact) mass is 225 g/mol. The molecule has 0 saturated heterocycles. The first-order chi connectivity index (χ1) is 7.29. The Hall–Kier alpha value is -0.730. The number of hydrogen-bond acceptors (Lipinski definition) is 2. The number of benzene rings is 1. The summed E-state index contributed by atoms with van der Waals surface area (Å²) in [5, 5.41) is 4.04. The van der Waals surface area contributed by atoms with Gasteiger partial charge in [-0.1, -0.05) is 11.6 Å². The maximum atomic E-state index is 5.79.